The summed E-state index contributed by atoms with van der Waals surface area (Å²) in [5.41, 5.74) is 0. The van der Waals surface area contributed by atoms with Gasteiger partial charge in [0.05, 0.1) is 0 Å². The summed E-state index contributed by atoms with van der Waals surface area (Å²) in [6, 6.07) is 0. The van der Waals surface area contributed by atoms with Crippen molar-refractivity contribution in [2.75, 3.05) is 0 Å². The van der Waals surface area contributed by atoms with Crippen molar-refractivity contribution in [1.29, 1.82) is 0 Å². The molecule has 0 heterocycles. The molecule has 0 nitrogen and oxygen atoms in total. The van der Waals surface area contributed by atoms with E-state index in [0.717, 1.165) is 6.42 Å². The first-order valence-electron chi connectivity index (χ1n) is 1.50. The summed E-state index contributed by atoms with van der Waals surface area (Å²) in [5, 5.41) is 0. The molecular formula is C5H12W-2. The maximum atomic E-state index is 3.49. The van der Waals surface area contributed by atoms with E-state index < -0.39 is 0 Å². The average Bonchev–Trinajstić information content (AvgIpc) is 1.46. The van der Waals surface area contributed by atoms with Crippen molar-refractivity contribution in [3.63, 3.8) is 0 Å². The van der Waals surface area contributed by atoms with Crippen LogP contribution in [-0.2, 0) is 19.4 Å². The molecule has 0 saturated heterocycles. The Labute approximate surface area is 52.4 Å². The van der Waals surface area contributed by atoms with Crippen LogP contribution < -0.4 is 0 Å². The molecule has 0 aromatic rings. The quantitative estimate of drug-likeness (QED) is 0.578. The van der Waals surface area contributed by atoms with Crippen molar-refractivity contribution >= 4 is 4.90 Å². The largest absolute Gasteiger partial charge is 0.358 e. The summed E-state index contributed by atoms with van der Waals surface area (Å²) in [5.74, 6) is 0. The molecule has 0 saturated carbocycles. The van der Waals surface area contributed by atoms with E-state index in [1.165, 1.54) is 19.4 Å². The van der Waals surface area contributed by atoms with Gasteiger partial charge in [0.1, 0.15) is 0 Å². The van der Waals surface area contributed by atoms with E-state index in [0.29, 0.717) is 0 Å². The molecule has 6 heavy (non-hydrogen) atoms. The van der Waals surface area contributed by atoms with Crippen LogP contribution in [0.4, 0.5) is 0 Å². The first-order chi connectivity index (χ1) is 2.41. The molecule has 0 aromatic carbocycles. The van der Waals surface area contributed by atoms with Crippen molar-refractivity contribution in [3.8, 4) is 0 Å². The Morgan fingerprint density at radius 3 is 1.67 bits per heavy atom. The van der Waals surface area contributed by atoms with Crippen LogP contribution in [0.5, 0.6) is 0 Å². The van der Waals surface area contributed by atoms with Crippen LogP contribution in [-0.4, -0.2) is 4.90 Å². The van der Waals surface area contributed by atoms with Gasteiger partial charge in [0, 0.05) is 0 Å². The minimum Gasteiger partial charge on any atom is -0.358 e. The molecule has 40 valence electrons. The summed E-state index contributed by atoms with van der Waals surface area (Å²) in [6.07, 6.45) is 1.00. The summed E-state index contributed by atoms with van der Waals surface area (Å²) in [6.45, 7) is 5.50. The maximum absolute atomic E-state index is 3.49. The molecule has 0 rings (SSSR count). The summed E-state index contributed by atoms with van der Waals surface area (Å²) in [7, 11) is 0. The van der Waals surface area contributed by atoms with Gasteiger partial charge in [-0.15, -0.1) is 0 Å². The molecule has 0 spiro atoms. The monoisotopic (exact) mass is 256 g/mol. The Balaban J connectivity index is -0.0000000275. The molecule has 0 bridgehead atoms. The van der Waals surface area contributed by atoms with E-state index >= 15 is 0 Å². The standard InChI is InChI=1S/C3H7.CH3.CH2.W/c1-3-2;;;/h1,3H2,2H3;1H3;1H2;/q2*-1;;. The second kappa shape index (κ2) is 47.6. The number of rotatable bonds is 0. The summed E-state index contributed by atoms with van der Waals surface area (Å²) >= 11 is 1.33. The SMILES string of the molecule is [CH2-]CC.[CH2]=[W].[CH3-]. The molecule has 0 amide bonds. The van der Waals surface area contributed by atoms with E-state index in [9.17, 15) is 0 Å². The molecular weight excluding hydrogens is 244 g/mol. The molecule has 0 aliphatic heterocycles. The van der Waals surface area contributed by atoms with Crippen LogP contribution in [0, 0.1) is 14.4 Å². The van der Waals surface area contributed by atoms with E-state index in [4.69, 9.17) is 0 Å². The predicted octanol–water partition coefficient (Wildman–Crippen LogP) is 1.65. The van der Waals surface area contributed by atoms with Gasteiger partial charge in [-0.1, -0.05) is 6.92 Å². The van der Waals surface area contributed by atoms with Gasteiger partial charge in [-0.05, 0) is 0 Å². The minimum atomic E-state index is 0. The molecule has 0 fully saturated rings. The fourth-order valence-corrected chi connectivity index (χ4v) is 0. The second-order valence-electron chi connectivity index (χ2n) is 0.500. The molecule has 0 unspecified atom stereocenters. The Hall–Kier alpha value is 0.558. The van der Waals surface area contributed by atoms with Crippen molar-refractivity contribution in [1.82, 2.24) is 0 Å². The molecule has 0 N–H and O–H groups in total. The molecule has 1 heteroatoms. The predicted molar refractivity (Wildman–Crippen MR) is 29.2 cm³/mol. The van der Waals surface area contributed by atoms with Gasteiger partial charge in [-0.3, -0.25) is 0 Å². The normalized spacial score (nSPS) is 3.67. The minimum absolute atomic E-state index is 0. The smallest absolute Gasteiger partial charge is 0.358 e. The zero-order valence-electron chi connectivity index (χ0n) is 4.53. The van der Waals surface area contributed by atoms with Gasteiger partial charge in [0.25, 0.3) is 0 Å². The Morgan fingerprint density at radius 2 is 1.67 bits per heavy atom. The third-order valence-corrected chi connectivity index (χ3v) is 0. The van der Waals surface area contributed by atoms with Crippen molar-refractivity contribution in [2.24, 2.45) is 0 Å². The molecule has 0 atom stereocenters. The van der Waals surface area contributed by atoms with Crippen LogP contribution in [0.1, 0.15) is 13.3 Å². The van der Waals surface area contributed by atoms with Gasteiger partial charge < -0.3 is 14.4 Å². The molecule has 0 aliphatic carbocycles. The first kappa shape index (κ1) is 16.0. The third-order valence-electron chi connectivity index (χ3n) is 0. The Bertz CT molecular complexity index is 7.90. The van der Waals surface area contributed by atoms with Crippen molar-refractivity contribution in [2.45, 2.75) is 13.3 Å². The Morgan fingerprint density at radius 1 is 1.67 bits per heavy atom. The molecule has 0 radical (unpaired) electrons. The van der Waals surface area contributed by atoms with Crippen LogP contribution in [0.3, 0.4) is 0 Å². The zero-order chi connectivity index (χ0) is 4.71. The fourth-order valence-electron chi connectivity index (χ4n) is 0. The van der Waals surface area contributed by atoms with E-state index in [2.05, 4.69) is 11.8 Å². The van der Waals surface area contributed by atoms with E-state index in [1.807, 2.05) is 6.92 Å². The van der Waals surface area contributed by atoms with Crippen LogP contribution in [0.2, 0.25) is 0 Å². The third kappa shape index (κ3) is 185. The molecule has 0 aliphatic rings. The van der Waals surface area contributed by atoms with Crippen LogP contribution in [0.15, 0.2) is 0 Å². The zero-order valence-corrected chi connectivity index (χ0v) is 7.46. The van der Waals surface area contributed by atoms with E-state index in [-0.39, 0.29) is 7.43 Å². The van der Waals surface area contributed by atoms with Gasteiger partial charge in [0.2, 0.25) is 0 Å². The fraction of sp³-hybridized carbons (Fsp3) is 0.400. The maximum Gasteiger partial charge on any atom is -0.358 e. The van der Waals surface area contributed by atoms with Gasteiger partial charge in [-0.25, -0.2) is 0 Å². The summed E-state index contributed by atoms with van der Waals surface area (Å²) < 4.78 is 0. The van der Waals surface area contributed by atoms with Crippen LogP contribution in [0.25, 0.3) is 0 Å². The van der Waals surface area contributed by atoms with Gasteiger partial charge in [-0.2, -0.15) is 6.42 Å². The van der Waals surface area contributed by atoms with Gasteiger partial charge in [0.15, 0.2) is 0 Å². The van der Waals surface area contributed by atoms with Crippen molar-refractivity contribution in [3.05, 3.63) is 14.4 Å². The number of hydrogen-bond acceptors (Lipinski definition) is 0. The van der Waals surface area contributed by atoms with Gasteiger partial charge >= 0.3 is 24.3 Å². The summed E-state index contributed by atoms with van der Waals surface area (Å²) in [4.78, 5) is 3.33. The number of hydrogen-bond donors (Lipinski definition) is 0. The Kier molecular flexibility index (Phi) is 127. The topological polar surface area (TPSA) is 0 Å². The van der Waals surface area contributed by atoms with Crippen molar-refractivity contribution < 1.29 is 19.4 Å². The molecule has 0 aromatic heterocycles. The first-order valence-corrected chi connectivity index (χ1v) is 3.57. The average molecular weight is 256 g/mol. The second-order valence-corrected chi connectivity index (χ2v) is 0.500. The van der Waals surface area contributed by atoms with Crippen LogP contribution >= 0.6 is 0 Å². The van der Waals surface area contributed by atoms with E-state index in [1.54, 1.807) is 0 Å².